The van der Waals surface area contributed by atoms with Crippen LogP contribution in [0.4, 0.5) is 0 Å². The number of esters is 8. The van der Waals surface area contributed by atoms with E-state index in [4.69, 9.17) is 0 Å². The average molecular weight is 480 g/mol. The van der Waals surface area contributed by atoms with Gasteiger partial charge in [-0.2, -0.15) is 0 Å². The van der Waals surface area contributed by atoms with Crippen molar-refractivity contribution < 1.29 is 76.3 Å². The molecule has 0 aromatic rings. The summed E-state index contributed by atoms with van der Waals surface area (Å²) in [6.07, 6.45) is -3.50. The van der Waals surface area contributed by atoms with Crippen LogP contribution in [0.15, 0.2) is 48.6 Å². The second kappa shape index (κ2) is 9.07. The first-order chi connectivity index (χ1) is 16.0. The number of carbonyl (C=O) groups is 8. The van der Waals surface area contributed by atoms with Crippen LogP contribution in [0.2, 0.25) is 0 Å². The molecule has 0 radical (unpaired) electrons. The first kappa shape index (κ1) is 23.4. The van der Waals surface area contributed by atoms with Crippen LogP contribution in [-0.2, 0) is 76.3 Å². The van der Waals surface area contributed by atoms with E-state index in [1.165, 1.54) is 0 Å². The molecule has 0 saturated carbocycles. The molecule has 176 valence electrons. The molecule has 3 aliphatic heterocycles. The molecule has 0 saturated heterocycles. The third-order valence-corrected chi connectivity index (χ3v) is 3.23. The van der Waals surface area contributed by atoms with Gasteiger partial charge in [-0.15, -0.1) is 0 Å². The zero-order valence-electron chi connectivity index (χ0n) is 16.2. The zero-order valence-corrected chi connectivity index (χ0v) is 16.2. The summed E-state index contributed by atoms with van der Waals surface area (Å²) in [5.41, 5.74) is 0. The summed E-state index contributed by atoms with van der Waals surface area (Å²) in [5, 5.41) is 0. The van der Waals surface area contributed by atoms with E-state index < -0.39 is 60.1 Å². The number of hydrogen-bond acceptors (Lipinski definition) is 16. The molecule has 0 bridgehead atoms. The molecule has 16 nitrogen and oxygen atoms in total. The van der Waals surface area contributed by atoms with Crippen molar-refractivity contribution in [3.8, 4) is 0 Å². The molecule has 2 spiro atoms. The van der Waals surface area contributed by atoms with E-state index in [1.54, 1.807) is 0 Å². The van der Waals surface area contributed by atoms with Crippen molar-refractivity contribution in [2.24, 2.45) is 0 Å². The predicted octanol–water partition coefficient (Wildman–Crippen LogP) is -2.18. The summed E-state index contributed by atoms with van der Waals surface area (Å²) < 4.78 is 36.3. The molecule has 0 atom stereocenters. The molecule has 0 N–H and O–H groups in total. The topological polar surface area (TPSA) is 210 Å². The van der Waals surface area contributed by atoms with E-state index in [9.17, 15) is 38.4 Å². The first-order valence-electron chi connectivity index (χ1n) is 8.54. The Labute approximate surface area is 185 Å². The Morgan fingerprint density at radius 2 is 0.412 bits per heavy atom. The fourth-order valence-corrected chi connectivity index (χ4v) is 2.05. The molecule has 0 amide bonds. The van der Waals surface area contributed by atoms with Gasteiger partial charge >= 0.3 is 60.1 Å². The number of rotatable bonds is 0. The van der Waals surface area contributed by atoms with E-state index in [-0.39, 0.29) is 24.3 Å². The van der Waals surface area contributed by atoms with Crippen LogP contribution in [0, 0.1) is 0 Å². The van der Waals surface area contributed by atoms with Crippen molar-refractivity contribution in [2.45, 2.75) is 12.3 Å². The Morgan fingerprint density at radius 1 is 0.294 bits per heavy atom. The Kier molecular flexibility index (Phi) is 6.24. The van der Waals surface area contributed by atoms with Crippen LogP contribution < -0.4 is 0 Å². The average Bonchev–Trinajstić information content (AvgIpc) is 2.94. The minimum Gasteiger partial charge on any atom is -0.349 e. The minimum absolute atomic E-state index is 0.271. The van der Waals surface area contributed by atoms with Crippen LogP contribution in [0.25, 0.3) is 0 Å². The van der Waals surface area contributed by atoms with Gasteiger partial charge in [0.1, 0.15) is 0 Å². The molecule has 3 rings (SSSR count). The lowest BCUT2D eigenvalue weighted by Crippen LogP contribution is -2.47. The van der Waals surface area contributed by atoms with Crippen molar-refractivity contribution in [3.63, 3.8) is 0 Å². The molecular formula is C18H8O16. The van der Waals surface area contributed by atoms with Gasteiger partial charge < -0.3 is 37.9 Å². The monoisotopic (exact) mass is 480 g/mol. The van der Waals surface area contributed by atoms with Crippen molar-refractivity contribution in [3.05, 3.63) is 48.6 Å². The number of hydrogen-bond donors (Lipinski definition) is 0. The summed E-state index contributed by atoms with van der Waals surface area (Å²) >= 11 is 0. The van der Waals surface area contributed by atoms with Crippen LogP contribution >= 0.6 is 0 Å². The Balaban J connectivity index is 1.95. The Morgan fingerprint density at radius 3 is 0.529 bits per heavy atom. The zero-order chi connectivity index (χ0) is 24.9. The van der Waals surface area contributed by atoms with Gasteiger partial charge in [0, 0.05) is 48.6 Å². The van der Waals surface area contributed by atoms with Gasteiger partial charge in [0.05, 0.1) is 0 Å². The maximum Gasteiger partial charge on any atom is 0.620 e. The lowest BCUT2D eigenvalue weighted by atomic mass is 10.5. The number of ether oxygens (including phenoxy) is 8. The van der Waals surface area contributed by atoms with Gasteiger partial charge in [0.2, 0.25) is 0 Å². The predicted molar refractivity (Wildman–Crippen MR) is 90.8 cm³/mol. The molecule has 0 aliphatic carbocycles. The summed E-state index contributed by atoms with van der Waals surface area (Å²) in [6.45, 7) is 0. The van der Waals surface area contributed by atoms with Crippen LogP contribution in [0.1, 0.15) is 0 Å². The molecule has 3 aliphatic rings. The highest BCUT2D eigenvalue weighted by molar-refractivity contribution is 5.97. The molecule has 34 heavy (non-hydrogen) atoms. The van der Waals surface area contributed by atoms with Crippen molar-refractivity contribution >= 4 is 47.8 Å². The van der Waals surface area contributed by atoms with Crippen LogP contribution in [0.3, 0.4) is 0 Å². The minimum atomic E-state index is -3.39. The van der Waals surface area contributed by atoms with Gasteiger partial charge in [0.15, 0.2) is 0 Å². The largest absolute Gasteiger partial charge is 0.620 e. The molecule has 16 heteroatoms. The maximum atomic E-state index is 12.1. The molecule has 0 aromatic heterocycles. The highest BCUT2D eigenvalue weighted by Gasteiger charge is 2.52. The maximum absolute atomic E-state index is 12.1. The molecular weight excluding hydrogens is 472 g/mol. The lowest BCUT2D eigenvalue weighted by Gasteiger charge is -2.27. The summed E-state index contributed by atoms with van der Waals surface area (Å²) in [6, 6.07) is 0. The quantitative estimate of drug-likeness (QED) is 0.337. The third kappa shape index (κ3) is 5.90. The molecule has 0 fully saturated rings. The smallest absolute Gasteiger partial charge is 0.349 e. The van der Waals surface area contributed by atoms with E-state index in [0.717, 1.165) is 0 Å². The van der Waals surface area contributed by atoms with Gasteiger partial charge in [-0.05, 0) is 0 Å². The summed E-state index contributed by atoms with van der Waals surface area (Å²) in [7, 11) is 0. The SMILES string of the molecule is O=C1C=CC(=O)OC2(O1)OC(=O)/C=C\C(=O)OC1(OC(=O)C=CC(=O)O1)OC(=O)/C=C\C(=O)O2. The van der Waals surface area contributed by atoms with Crippen molar-refractivity contribution in [1.82, 2.24) is 0 Å². The van der Waals surface area contributed by atoms with Crippen LogP contribution in [0.5, 0.6) is 0 Å². The Hall–Kier alpha value is -5.28. The molecule has 0 unspecified atom stereocenters. The second-order valence-electron chi connectivity index (χ2n) is 5.70. The van der Waals surface area contributed by atoms with Crippen LogP contribution in [-0.4, -0.2) is 60.1 Å². The summed E-state index contributed by atoms with van der Waals surface area (Å²) in [4.78, 5) is 95.0. The van der Waals surface area contributed by atoms with Gasteiger partial charge in [0.25, 0.3) is 0 Å². The van der Waals surface area contributed by atoms with Crippen molar-refractivity contribution in [2.75, 3.05) is 0 Å². The molecule has 0 aromatic carbocycles. The fraction of sp³-hybridized carbons (Fsp3) is 0.111. The van der Waals surface area contributed by atoms with Gasteiger partial charge in [-0.1, -0.05) is 0 Å². The van der Waals surface area contributed by atoms with E-state index in [0.29, 0.717) is 24.3 Å². The Bertz CT molecular complexity index is 947. The fourth-order valence-electron chi connectivity index (χ4n) is 2.05. The van der Waals surface area contributed by atoms with Gasteiger partial charge in [-0.3, -0.25) is 0 Å². The second-order valence-corrected chi connectivity index (χ2v) is 5.70. The van der Waals surface area contributed by atoms with Crippen molar-refractivity contribution in [1.29, 1.82) is 0 Å². The highest BCUT2D eigenvalue weighted by atomic mass is 17.0. The molecule has 3 heterocycles. The standard InChI is InChI=1S/C18H8O16/c19-9-1-2-10(20)28-18(33-15(25)7-8-16(26)34-18)30-12(22)4-3-11(21)29-17(27-9)31-13(23)5-6-14(24)32-17/h1-8H/b2-1-,4-3-. The lowest BCUT2D eigenvalue weighted by molar-refractivity contribution is -0.429. The van der Waals surface area contributed by atoms with E-state index in [1.807, 2.05) is 0 Å². The normalized spacial score (nSPS) is 24.0. The summed E-state index contributed by atoms with van der Waals surface area (Å²) in [5.74, 6) is -11.9. The number of carbonyl (C=O) groups excluding carboxylic acids is 8. The highest BCUT2D eigenvalue weighted by Crippen LogP contribution is 2.24. The van der Waals surface area contributed by atoms with Gasteiger partial charge in [-0.25, -0.2) is 38.4 Å². The van der Waals surface area contributed by atoms with E-state index in [2.05, 4.69) is 37.9 Å². The van der Waals surface area contributed by atoms with E-state index >= 15 is 0 Å². The third-order valence-electron chi connectivity index (χ3n) is 3.23. The first-order valence-corrected chi connectivity index (χ1v) is 8.54.